The average molecular weight is 555 g/mol. The Bertz CT molecular complexity index is 1250. The Morgan fingerprint density at radius 3 is 2.58 bits per heavy atom. The van der Waals surface area contributed by atoms with Crippen LogP contribution in [0.3, 0.4) is 0 Å². The van der Waals surface area contributed by atoms with Crippen molar-refractivity contribution in [3.8, 4) is 5.75 Å². The summed E-state index contributed by atoms with van der Waals surface area (Å²) in [6.45, 7) is 5.50. The number of carbonyl (C=O) groups is 1. The second kappa shape index (κ2) is 11.1. The fourth-order valence-corrected chi connectivity index (χ4v) is 4.03. The maximum Gasteiger partial charge on any atom is 0.347 e. The zero-order chi connectivity index (χ0) is 24.1. The van der Waals surface area contributed by atoms with Crippen LogP contribution in [0.2, 0.25) is 10.0 Å². The van der Waals surface area contributed by atoms with Crippen LogP contribution in [-0.2, 0) is 16.0 Å². The number of halogens is 3. The van der Waals surface area contributed by atoms with Crippen molar-refractivity contribution in [2.24, 2.45) is 5.10 Å². The molecule has 0 bridgehead atoms. The molecule has 174 valence electrons. The number of aromatic nitrogens is 2. The van der Waals surface area contributed by atoms with Crippen molar-refractivity contribution in [3.05, 3.63) is 66.6 Å². The zero-order valence-corrected chi connectivity index (χ0v) is 21.4. The van der Waals surface area contributed by atoms with Crippen molar-refractivity contribution in [1.82, 2.24) is 9.66 Å². The van der Waals surface area contributed by atoms with Crippen molar-refractivity contribution in [3.63, 3.8) is 0 Å². The molecule has 0 radical (unpaired) electrons. The quantitative estimate of drug-likeness (QED) is 0.266. The summed E-state index contributed by atoms with van der Waals surface area (Å²) >= 11 is 16.1. The summed E-state index contributed by atoms with van der Waals surface area (Å²) in [4.78, 5) is 29.5. The smallest absolute Gasteiger partial charge is 0.347 e. The van der Waals surface area contributed by atoms with Gasteiger partial charge >= 0.3 is 5.97 Å². The molecule has 33 heavy (non-hydrogen) atoms. The molecule has 1 aromatic heterocycles. The largest absolute Gasteiger partial charge is 0.476 e. The number of ether oxygens (including phenoxy) is 2. The van der Waals surface area contributed by atoms with Gasteiger partial charge in [0.2, 0.25) is 0 Å². The van der Waals surface area contributed by atoms with E-state index < -0.39 is 12.1 Å². The third-order valence-corrected chi connectivity index (χ3v) is 5.66. The summed E-state index contributed by atoms with van der Waals surface area (Å²) in [6, 6.07) is 8.52. The van der Waals surface area contributed by atoms with Crippen LogP contribution in [0.1, 0.15) is 38.6 Å². The molecule has 0 aliphatic carbocycles. The molecular weight excluding hydrogens is 533 g/mol. The fourth-order valence-electron chi connectivity index (χ4n) is 3.07. The Morgan fingerprint density at radius 1 is 1.24 bits per heavy atom. The highest BCUT2D eigenvalue weighted by atomic mass is 79.9. The molecule has 1 atom stereocenters. The summed E-state index contributed by atoms with van der Waals surface area (Å²) in [5, 5.41) is 5.21. The van der Waals surface area contributed by atoms with Gasteiger partial charge in [0.15, 0.2) is 11.9 Å². The molecule has 0 saturated carbocycles. The molecule has 3 rings (SSSR count). The van der Waals surface area contributed by atoms with E-state index in [2.05, 4.69) is 26.0 Å². The number of fused-ring (bicyclic) bond motifs is 1. The highest BCUT2D eigenvalue weighted by Gasteiger charge is 2.19. The van der Waals surface area contributed by atoms with Crippen molar-refractivity contribution in [1.29, 1.82) is 0 Å². The molecule has 0 fully saturated rings. The predicted octanol–water partition coefficient (Wildman–Crippen LogP) is 5.63. The number of nitrogens with zero attached hydrogens (tertiary/aromatic N) is 3. The van der Waals surface area contributed by atoms with Crippen LogP contribution in [0.4, 0.5) is 0 Å². The Morgan fingerprint density at radius 2 is 1.94 bits per heavy atom. The average Bonchev–Trinajstić information content (AvgIpc) is 2.76. The molecule has 7 nitrogen and oxygen atoms in total. The van der Waals surface area contributed by atoms with E-state index in [1.807, 2.05) is 13.0 Å². The minimum absolute atomic E-state index is 0.164. The van der Waals surface area contributed by atoms with Crippen LogP contribution in [0.5, 0.6) is 5.75 Å². The van der Waals surface area contributed by atoms with E-state index in [-0.39, 0.29) is 28.0 Å². The highest BCUT2D eigenvalue weighted by molar-refractivity contribution is 9.10. The van der Waals surface area contributed by atoms with E-state index in [0.717, 1.165) is 10.9 Å². The molecule has 0 spiro atoms. The van der Waals surface area contributed by atoms with E-state index >= 15 is 0 Å². The second-order valence-corrected chi connectivity index (χ2v) is 8.86. The van der Waals surface area contributed by atoms with E-state index in [1.165, 1.54) is 10.9 Å². The lowest BCUT2D eigenvalue weighted by Gasteiger charge is -2.16. The number of aryl methyl sites for hydroxylation is 1. The maximum atomic E-state index is 13.1. The Labute approximate surface area is 209 Å². The van der Waals surface area contributed by atoms with Gasteiger partial charge in [-0.05, 0) is 56.2 Å². The Balaban J connectivity index is 1.96. The van der Waals surface area contributed by atoms with Gasteiger partial charge in [-0.25, -0.2) is 9.78 Å². The first kappa shape index (κ1) is 25.2. The van der Waals surface area contributed by atoms with Crippen LogP contribution in [0, 0.1) is 0 Å². The molecule has 3 aromatic rings. The van der Waals surface area contributed by atoms with Crippen LogP contribution >= 0.6 is 39.1 Å². The first-order valence-electron chi connectivity index (χ1n) is 10.3. The van der Waals surface area contributed by atoms with Crippen LogP contribution in [0.15, 0.2) is 44.7 Å². The number of carbonyl (C=O) groups excluding carboxylic acids is 1. The van der Waals surface area contributed by atoms with E-state index in [0.29, 0.717) is 28.7 Å². The Kier molecular flexibility index (Phi) is 8.51. The van der Waals surface area contributed by atoms with Gasteiger partial charge in [-0.1, -0.05) is 46.1 Å². The molecule has 0 N–H and O–H groups in total. The molecule has 2 aromatic carbocycles. The van der Waals surface area contributed by atoms with Crippen LogP contribution in [0.25, 0.3) is 10.9 Å². The molecule has 10 heteroatoms. The summed E-state index contributed by atoms with van der Waals surface area (Å²) in [5.74, 6) is 0.194. The summed E-state index contributed by atoms with van der Waals surface area (Å²) in [6.07, 6.45) is 1.98. The normalized spacial score (nSPS) is 12.3. The van der Waals surface area contributed by atoms with Gasteiger partial charge in [0.1, 0.15) is 5.82 Å². The van der Waals surface area contributed by atoms with Crippen LogP contribution in [-0.4, -0.2) is 34.6 Å². The van der Waals surface area contributed by atoms with Gasteiger partial charge in [-0.15, -0.1) is 0 Å². The minimum Gasteiger partial charge on any atom is -0.476 e. The lowest BCUT2D eigenvalue weighted by atomic mass is 10.2. The van der Waals surface area contributed by atoms with Crippen molar-refractivity contribution in [2.45, 2.75) is 39.7 Å². The number of hydrogen-bond acceptors (Lipinski definition) is 6. The summed E-state index contributed by atoms with van der Waals surface area (Å²) < 4.78 is 12.6. The highest BCUT2D eigenvalue weighted by Crippen LogP contribution is 2.34. The van der Waals surface area contributed by atoms with Gasteiger partial charge < -0.3 is 9.47 Å². The molecule has 1 heterocycles. The topological polar surface area (TPSA) is 82.8 Å². The molecule has 0 aliphatic rings. The van der Waals surface area contributed by atoms with Crippen LogP contribution < -0.4 is 10.3 Å². The molecule has 0 unspecified atom stereocenters. The van der Waals surface area contributed by atoms with E-state index in [9.17, 15) is 9.59 Å². The van der Waals surface area contributed by atoms with Crippen molar-refractivity contribution < 1.29 is 14.3 Å². The molecule has 0 aliphatic heterocycles. The first-order chi connectivity index (χ1) is 15.7. The monoisotopic (exact) mass is 553 g/mol. The van der Waals surface area contributed by atoms with E-state index in [4.69, 9.17) is 32.7 Å². The van der Waals surface area contributed by atoms with E-state index in [1.54, 1.807) is 38.1 Å². The number of rotatable bonds is 8. The Hall–Kier alpha value is -2.42. The summed E-state index contributed by atoms with van der Waals surface area (Å²) in [5.41, 5.74) is 0.882. The maximum absolute atomic E-state index is 13.1. The summed E-state index contributed by atoms with van der Waals surface area (Å²) in [7, 11) is 0. The first-order valence-corrected chi connectivity index (χ1v) is 11.9. The number of esters is 1. The van der Waals surface area contributed by atoms with Gasteiger partial charge in [0, 0.05) is 10.9 Å². The standard InChI is InChI=1S/C23H22BrCl2N3O4/c1-4-6-20-28-19-8-7-15(24)11-16(19)22(30)29(20)27-12-14-9-17(25)21(18(26)10-14)33-13(3)23(31)32-5-2/h7-13H,4-6H2,1-3H3/t13-/m1/s1. The molecule has 0 saturated heterocycles. The molecular formula is C23H22BrCl2N3O4. The fraction of sp³-hybridized carbons (Fsp3) is 0.304. The van der Waals surface area contributed by atoms with Crippen molar-refractivity contribution >= 4 is 62.2 Å². The molecule has 0 amide bonds. The van der Waals surface area contributed by atoms with Crippen molar-refractivity contribution in [2.75, 3.05) is 6.61 Å². The van der Waals surface area contributed by atoms with Gasteiger partial charge in [-0.3, -0.25) is 4.79 Å². The lowest BCUT2D eigenvalue weighted by molar-refractivity contribution is -0.150. The third-order valence-electron chi connectivity index (χ3n) is 4.61. The SMILES string of the molecule is CCCc1nc2ccc(Br)cc2c(=O)n1N=Cc1cc(Cl)c(O[C@H](C)C(=O)OCC)c(Cl)c1. The predicted molar refractivity (Wildman–Crippen MR) is 134 cm³/mol. The van der Waals surface area contributed by atoms with Gasteiger partial charge in [0.05, 0.1) is 33.8 Å². The van der Waals surface area contributed by atoms with Gasteiger partial charge in [0.25, 0.3) is 5.56 Å². The zero-order valence-electron chi connectivity index (χ0n) is 18.3. The number of hydrogen-bond donors (Lipinski definition) is 0. The number of benzene rings is 2. The van der Waals surface area contributed by atoms with Gasteiger partial charge in [-0.2, -0.15) is 9.78 Å². The second-order valence-electron chi connectivity index (χ2n) is 7.13. The minimum atomic E-state index is -0.877. The lowest BCUT2D eigenvalue weighted by Crippen LogP contribution is -2.26. The third kappa shape index (κ3) is 5.93.